The minimum absolute atomic E-state index is 0.142. The van der Waals surface area contributed by atoms with E-state index in [0.717, 1.165) is 24.1 Å². The molecule has 6 heteroatoms. The number of allylic oxidation sites excluding steroid dienone is 2. The molecule has 0 aromatic heterocycles. The van der Waals surface area contributed by atoms with Crippen molar-refractivity contribution >= 4 is 17.5 Å². The summed E-state index contributed by atoms with van der Waals surface area (Å²) in [4.78, 5) is 0. The van der Waals surface area contributed by atoms with E-state index >= 15 is 0 Å². The first-order valence-corrected chi connectivity index (χ1v) is 5.55. The normalized spacial score (nSPS) is 15.9. The third kappa shape index (κ3) is 2.58. The smallest absolute Gasteiger partial charge is 0.416 e. The van der Waals surface area contributed by atoms with E-state index in [-0.39, 0.29) is 5.88 Å². The van der Waals surface area contributed by atoms with Crippen LogP contribution in [0.5, 0.6) is 0 Å². The highest BCUT2D eigenvalue weighted by Gasteiger charge is 2.30. The molecule has 0 atom stereocenters. The molecular weight excluding hydrogens is 251 g/mol. The van der Waals surface area contributed by atoms with Crippen molar-refractivity contribution in [1.29, 1.82) is 0 Å². The van der Waals surface area contributed by atoms with Gasteiger partial charge in [-0.2, -0.15) is 13.2 Å². The fraction of sp³-hybridized carbons (Fsp3) is 0.0909. The Morgan fingerprint density at radius 3 is 2.65 bits per heavy atom. The van der Waals surface area contributed by atoms with Crippen LogP contribution >= 0.6 is 11.9 Å². The lowest BCUT2D eigenvalue weighted by molar-refractivity contribution is -0.137. The lowest BCUT2D eigenvalue weighted by Gasteiger charge is -2.13. The van der Waals surface area contributed by atoms with E-state index in [1.165, 1.54) is 12.1 Å². The summed E-state index contributed by atoms with van der Waals surface area (Å²) in [6, 6.07) is 4.83. The van der Waals surface area contributed by atoms with Crippen LogP contribution in [0.3, 0.4) is 0 Å². The van der Waals surface area contributed by atoms with Gasteiger partial charge < -0.3 is 5.11 Å². The quantitative estimate of drug-likeness (QED) is 0.754. The van der Waals surface area contributed by atoms with Crippen LogP contribution in [0.25, 0.3) is 5.57 Å². The van der Waals surface area contributed by atoms with E-state index in [1.54, 1.807) is 11.5 Å². The molecule has 0 fully saturated rings. The lowest BCUT2D eigenvalue weighted by atomic mass is 10.0. The van der Waals surface area contributed by atoms with Gasteiger partial charge in [-0.25, -0.2) is 0 Å². The predicted molar refractivity (Wildman–Crippen MR) is 60.9 cm³/mol. The second-order valence-corrected chi connectivity index (χ2v) is 4.08. The second kappa shape index (κ2) is 4.37. The number of aliphatic hydroxyl groups excluding tert-OH is 1. The van der Waals surface area contributed by atoms with Gasteiger partial charge in [-0.1, -0.05) is 12.1 Å². The van der Waals surface area contributed by atoms with Gasteiger partial charge in [0.05, 0.1) is 5.56 Å². The van der Waals surface area contributed by atoms with Gasteiger partial charge in [0.2, 0.25) is 5.88 Å². The van der Waals surface area contributed by atoms with Gasteiger partial charge in [-0.3, -0.25) is 4.72 Å². The van der Waals surface area contributed by atoms with E-state index in [0.29, 0.717) is 11.1 Å². The number of benzene rings is 1. The van der Waals surface area contributed by atoms with Crippen molar-refractivity contribution in [3.05, 3.63) is 52.8 Å². The highest BCUT2D eigenvalue weighted by Crippen LogP contribution is 2.32. The molecule has 90 valence electrons. The van der Waals surface area contributed by atoms with Crippen molar-refractivity contribution in [3.8, 4) is 0 Å². The average molecular weight is 259 g/mol. The van der Waals surface area contributed by atoms with Crippen LogP contribution in [0.2, 0.25) is 0 Å². The molecule has 1 aliphatic heterocycles. The first-order chi connectivity index (χ1) is 7.98. The Labute approximate surface area is 100.0 Å². The Balaban J connectivity index is 2.44. The third-order valence-corrected chi connectivity index (χ3v) is 2.80. The summed E-state index contributed by atoms with van der Waals surface area (Å²) in [5, 5.41) is 11.2. The van der Waals surface area contributed by atoms with Gasteiger partial charge in [0, 0.05) is 5.57 Å². The fourth-order valence-electron chi connectivity index (χ4n) is 1.42. The van der Waals surface area contributed by atoms with Crippen molar-refractivity contribution in [2.75, 3.05) is 0 Å². The lowest BCUT2D eigenvalue weighted by Crippen LogP contribution is -2.09. The van der Waals surface area contributed by atoms with Gasteiger partial charge in [0.25, 0.3) is 0 Å². The Hall–Kier alpha value is -1.56. The zero-order valence-electron chi connectivity index (χ0n) is 8.45. The molecular formula is C11H8F3NOS. The maximum Gasteiger partial charge on any atom is 0.416 e. The molecule has 17 heavy (non-hydrogen) atoms. The molecule has 0 saturated carbocycles. The molecule has 1 heterocycles. The molecule has 2 nitrogen and oxygen atoms in total. The zero-order valence-corrected chi connectivity index (χ0v) is 9.27. The number of alkyl halides is 3. The van der Waals surface area contributed by atoms with Crippen LogP contribution in [-0.4, -0.2) is 5.11 Å². The van der Waals surface area contributed by atoms with Crippen LogP contribution in [0.15, 0.2) is 41.6 Å². The number of aliphatic hydroxyl groups is 1. The Morgan fingerprint density at radius 1 is 1.24 bits per heavy atom. The standard InChI is InChI=1S/C11H8F3NOS/c12-11(13,14)8-3-1-2-7(6-8)9-4-5-17-15-10(9)16/h1-6,15-16H. The van der Waals surface area contributed by atoms with Crippen molar-refractivity contribution in [2.24, 2.45) is 0 Å². The summed E-state index contributed by atoms with van der Waals surface area (Å²) in [6.07, 6.45) is -2.82. The minimum Gasteiger partial charge on any atom is -0.494 e. The first-order valence-electron chi connectivity index (χ1n) is 4.67. The Kier molecular flexibility index (Phi) is 3.06. The Morgan fingerprint density at radius 2 is 2.00 bits per heavy atom. The molecule has 0 unspecified atom stereocenters. The fourth-order valence-corrected chi connectivity index (χ4v) is 1.92. The van der Waals surface area contributed by atoms with Gasteiger partial charge in [0.1, 0.15) is 0 Å². The van der Waals surface area contributed by atoms with E-state index in [4.69, 9.17) is 0 Å². The summed E-state index contributed by atoms with van der Waals surface area (Å²) in [5.41, 5.74) is -0.0712. The molecule has 2 N–H and O–H groups in total. The summed E-state index contributed by atoms with van der Waals surface area (Å²) < 4.78 is 40.1. The summed E-state index contributed by atoms with van der Waals surface area (Å²) >= 11 is 1.15. The topological polar surface area (TPSA) is 32.3 Å². The van der Waals surface area contributed by atoms with Crippen molar-refractivity contribution < 1.29 is 18.3 Å². The molecule has 0 aliphatic carbocycles. The molecule has 0 amide bonds. The number of nitrogens with one attached hydrogen (secondary N) is 1. The minimum atomic E-state index is -4.38. The molecule has 1 aromatic rings. The number of hydrogen-bond acceptors (Lipinski definition) is 3. The molecule has 0 radical (unpaired) electrons. The largest absolute Gasteiger partial charge is 0.494 e. The predicted octanol–water partition coefficient (Wildman–Crippen LogP) is 3.70. The molecule has 1 aromatic carbocycles. The van der Waals surface area contributed by atoms with Crippen LogP contribution in [0.1, 0.15) is 11.1 Å². The van der Waals surface area contributed by atoms with Crippen molar-refractivity contribution in [3.63, 3.8) is 0 Å². The summed E-state index contributed by atoms with van der Waals surface area (Å²) in [7, 11) is 0. The number of hydrogen-bond donors (Lipinski definition) is 2. The van der Waals surface area contributed by atoms with E-state index < -0.39 is 11.7 Å². The first kappa shape index (κ1) is 11.9. The second-order valence-electron chi connectivity index (χ2n) is 3.36. The average Bonchev–Trinajstić information content (AvgIpc) is 2.29. The molecule has 0 saturated heterocycles. The summed E-state index contributed by atoms with van der Waals surface area (Å²) in [6.45, 7) is 0. The highest BCUT2D eigenvalue weighted by molar-refractivity contribution is 8.00. The van der Waals surface area contributed by atoms with Crippen molar-refractivity contribution in [2.45, 2.75) is 6.18 Å². The zero-order chi connectivity index (χ0) is 12.5. The van der Waals surface area contributed by atoms with Gasteiger partial charge in [-0.05, 0) is 41.1 Å². The summed E-state index contributed by atoms with van der Waals surface area (Å²) in [5.74, 6) is -0.142. The maximum absolute atomic E-state index is 12.5. The van der Waals surface area contributed by atoms with Gasteiger partial charge in [-0.15, -0.1) is 0 Å². The van der Waals surface area contributed by atoms with Crippen LogP contribution < -0.4 is 4.72 Å². The van der Waals surface area contributed by atoms with Crippen LogP contribution in [0, 0.1) is 0 Å². The van der Waals surface area contributed by atoms with Gasteiger partial charge in [0.15, 0.2) is 0 Å². The van der Waals surface area contributed by atoms with E-state index in [2.05, 4.69) is 4.72 Å². The number of rotatable bonds is 1. The van der Waals surface area contributed by atoms with Crippen LogP contribution in [-0.2, 0) is 6.18 Å². The van der Waals surface area contributed by atoms with E-state index in [9.17, 15) is 18.3 Å². The SMILES string of the molecule is OC1=C(c2cccc(C(F)(F)F)c2)C=CSN1. The van der Waals surface area contributed by atoms with Gasteiger partial charge >= 0.3 is 6.18 Å². The molecule has 0 bridgehead atoms. The molecule has 0 spiro atoms. The molecule has 2 rings (SSSR count). The maximum atomic E-state index is 12.5. The third-order valence-electron chi connectivity index (χ3n) is 2.21. The molecule has 1 aliphatic rings. The monoisotopic (exact) mass is 259 g/mol. The van der Waals surface area contributed by atoms with Crippen LogP contribution in [0.4, 0.5) is 13.2 Å². The highest BCUT2D eigenvalue weighted by atomic mass is 32.2. The number of halogens is 3. The Bertz CT molecular complexity index is 494. The van der Waals surface area contributed by atoms with E-state index in [1.807, 2.05) is 0 Å². The van der Waals surface area contributed by atoms with Crippen molar-refractivity contribution in [1.82, 2.24) is 4.72 Å².